The number of carbonyl (C=O) groups is 1. The second-order valence-electron chi connectivity index (χ2n) is 5.26. The Balaban J connectivity index is 3.58. The quantitative estimate of drug-likeness (QED) is 0.565. The van der Waals surface area contributed by atoms with Crippen LogP contribution >= 0.6 is 0 Å². The number of nitro benzene ring substituents is 1. The molecule has 0 aliphatic carbocycles. The van der Waals surface area contributed by atoms with E-state index >= 15 is 0 Å². The van der Waals surface area contributed by atoms with Crippen LogP contribution < -0.4 is 5.73 Å². The Morgan fingerprint density at radius 1 is 1.42 bits per heavy atom. The van der Waals surface area contributed by atoms with Crippen LogP contribution in [0, 0.1) is 10.1 Å². The largest absolute Gasteiger partial charge is 0.502 e. The number of carboxylic acids is 1. The van der Waals surface area contributed by atoms with Gasteiger partial charge in [-0.25, -0.2) is 0 Å². The number of aromatic hydroxyl groups is 1. The van der Waals surface area contributed by atoms with Crippen LogP contribution in [-0.4, -0.2) is 21.1 Å². The fourth-order valence-corrected chi connectivity index (χ4v) is 1.58. The van der Waals surface area contributed by atoms with Crippen LogP contribution in [0.3, 0.4) is 0 Å². The zero-order valence-corrected chi connectivity index (χ0v) is 10.9. The Labute approximate surface area is 109 Å². The molecule has 0 radical (unpaired) electrons. The molecular formula is C12H16N2O5. The third-order valence-electron chi connectivity index (χ3n) is 2.78. The van der Waals surface area contributed by atoms with Gasteiger partial charge in [-0.15, -0.1) is 0 Å². The van der Waals surface area contributed by atoms with Crippen molar-refractivity contribution in [2.75, 3.05) is 0 Å². The summed E-state index contributed by atoms with van der Waals surface area (Å²) in [5, 5.41) is 29.6. The highest BCUT2D eigenvalue weighted by molar-refractivity contribution is 5.77. The fourth-order valence-electron chi connectivity index (χ4n) is 1.58. The number of phenols is 1. The molecule has 1 atom stereocenters. The summed E-state index contributed by atoms with van der Waals surface area (Å²) in [6.45, 7) is 5.46. The number of aliphatic carboxylic acids is 1. The van der Waals surface area contributed by atoms with Crippen molar-refractivity contribution in [1.29, 1.82) is 0 Å². The summed E-state index contributed by atoms with van der Waals surface area (Å²) in [4.78, 5) is 21.0. The van der Waals surface area contributed by atoms with Crippen molar-refractivity contribution in [1.82, 2.24) is 0 Å². The number of nitrogens with two attached hydrogens (primary N) is 1. The van der Waals surface area contributed by atoms with E-state index in [4.69, 9.17) is 10.8 Å². The third kappa shape index (κ3) is 3.00. The smallest absolute Gasteiger partial charge is 0.325 e. The lowest BCUT2D eigenvalue weighted by atomic mass is 9.84. The number of carboxylic acid groups (broad SMARTS) is 1. The Morgan fingerprint density at radius 2 is 1.95 bits per heavy atom. The van der Waals surface area contributed by atoms with Gasteiger partial charge in [-0.3, -0.25) is 14.9 Å². The zero-order valence-electron chi connectivity index (χ0n) is 10.9. The van der Waals surface area contributed by atoms with E-state index in [0.717, 1.165) is 0 Å². The molecule has 0 saturated heterocycles. The lowest BCUT2D eigenvalue weighted by Crippen LogP contribution is -2.22. The average molecular weight is 268 g/mol. The maximum atomic E-state index is 10.9. The SMILES string of the molecule is CC(C)(C)c1cc([C@H](N)C(=O)O)c(O)c([N+](=O)[O-])c1. The Bertz CT molecular complexity index is 534. The summed E-state index contributed by atoms with van der Waals surface area (Å²) in [5.41, 5.74) is 4.83. The van der Waals surface area contributed by atoms with E-state index < -0.39 is 33.8 Å². The number of benzene rings is 1. The van der Waals surface area contributed by atoms with Crippen molar-refractivity contribution in [2.24, 2.45) is 5.73 Å². The van der Waals surface area contributed by atoms with Crippen molar-refractivity contribution in [2.45, 2.75) is 32.2 Å². The molecule has 1 aromatic rings. The number of rotatable bonds is 3. The molecule has 104 valence electrons. The molecule has 0 saturated carbocycles. The van der Waals surface area contributed by atoms with Gasteiger partial charge in [-0.05, 0) is 17.0 Å². The molecule has 0 spiro atoms. The lowest BCUT2D eigenvalue weighted by molar-refractivity contribution is -0.386. The molecule has 0 heterocycles. The number of nitrogens with zero attached hydrogens (tertiary/aromatic N) is 1. The topological polar surface area (TPSA) is 127 Å². The van der Waals surface area contributed by atoms with Crippen LogP contribution in [-0.2, 0) is 10.2 Å². The molecule has 0 bridgehead atoms. The van der Waals surface area contributed by atoms with E-state index in [1.165, 1.54) is 12.1 Å². The van der Waals surface area contributed by atoms with E-state index in [-0.39, 0.29) is 5.56 Å². The Hall–Kier alpha value is -2.15. The number of phenolic OH excluding ortho intramolecular Hbond substituents is 1. The predicted octanol–water partition coefficient (Wildman–Crippen LogP) is 1.68. The second kappa shape index (κ2) is 4.85. The summed E-state index contributed by atoms with van der Waals surface area (Å²) in [6, 6.07) is 1.11. The highest BCUT2D eigenvalue weighted by Gasteiger charge is 2.28. The minimum absolute atomic E-state index is 0.161. The molecule has 1 rings (SSSR count). The van der Waals surface area contributed by atoms with Gasteiger partial charge in [-0.1, -0.05) is 20.8 Å². The monoisotopic (exact) mass is 268 g/mol. The highest BCUT2D eigenvalue weighted by atomic mass is 16.6. The van der Waals surface area contributed by atoms with Crippen LogP contribution in [0.15, 0.2) is 12.1 Å². The molecule has 0 aliphatic heterocycles. The van der Waals surface area contributed by atoms with Crippen molar-refractivity contribution in [3.8, 4) is 5.75 Å². The van der Waals surface area contributed by atoms with Gasteiger partial charge < -0.3 is 15.9 Å². The molecule has 4 N–H and O–H groups in total. The fraction of sp³-hybridized carbons (Fsp3) is 0.417. The van der Waals surface area contributed by atoms with Gasteiger partial charge in [0.2, 0.25) is 0 Å². The highest BCUT2D eigenvalue weighted by Crippen LogP contribution is 2.37. The van der Waals surface area contributed by atoms with Crippen molar-refractivity contribution >= 4 is 11.7 Å². The van der Waals surface area contributed by atoms with Crippen LogP contribution in [0.1, 0.15) is 37.9 Å². The van der Waals surface area contributed by atoms with E-state index in [1.54, 1.807) is 0 Å². The van der Waals surface area contributed by atoms with Gasteiger partial charge in [-0.2, -0.15) is 0 Å². The summed E-state index contributed by atoms with van der Waals surface area (Å²) in [5.74, 6) is -2.07. The van der Waals surface area contributed by atoms with E-state index in [9.17, 15) is 20.0 Å². The predicted molar refractivity (Wildman–Crippen MR) is 68.0 cm³/mol. The normalized spacial score (nSPS) is 13.1. The van der Waals surface area contributed by atoms with Gasteiger partial charge in [0, 0.05) is 11.6 Å². The molecule has 7 nitrogen and oxygen atoms in total. The van der Waals surface area contributed by atoms with Gasteiger partial charge in [0.1, 0.15) is 6.04 Å². The van der Waals surface area contributed by atoms with E-state index in [1.807, 2.05) is 20.8 Å². The minimum atomic E-state index is -1.51. The molecule has 0 aromatic heterocycles. The first kappa shape index (κ1) is 14.9. The van der Waals surface area contributed by atoms with Crippen LogP contribution in [0.5, 0.6) is 5.75 Å². The van der Waals surface area contributed by atoms with E-state index in [2.05, 4.69) is 0 Å². The minimum Gasteiger partial charge on any atom is -0.502 e. The van der Waals surface area contributed by atoms with Gasteiger partial charge in [0.15, 0.2) is 5.75 Å². The van der Waals surface area contributed by atoms with Gasteiger partial charge in [0.25, 0.3) is 0 Å². The second-order valence-corrected chi connectivity index (χ2v) is 5.26. The van der Waals surface area contributed by atoms with E-state index in [0.29, 0.717) is 5.56 Å². The molecular weight excluding hydrogens is 252 g/mol. The van der Waals surface area contributed by atoms with Gasteiger partial charge in [0.05, 0.1) is 4.92 Å². The number of hydrogen-bond acceptors (Lipinski definition) is 5. The molecule has 0 aliphatic rings. The van der Waals surface area contributed by atoms with Gasteiger partial charge >= 0.3 is 11.7 Å². The van der Waals surface area contributed by atoms with Crippen molar-refractivity contribution in [3.63, 3.8) is 0 Å². The molecule has 0 fully saturated rings. The summed E-state index contributed by atoms with van der Waals surface area (Å²) in [7, 11) is 0. The summed E-state index contributed by atoms with van der Waals surface area (Å²) in [6.07, 6.45) is 0. The maximum absolute atomic E-state index is 10.9. The zero-order chi connectivity index (χ0) is 15.0. The first-order valence-electron chi connectivity index (χ1n) is 5.56. The van der Waals surface area contributed by atoms with Crippen LogP contribution in [0.25, 0.3) is 0 Å². The van der Waals surface area contributed by atoms with Crippen molar-refractivity contribution < 1.29 is 19.9 Å². The van der Waals surface area contributed by atoms with Crippen LogP contribution in [0.2, 0.25) is 0 Å². The molecule has 19 heavy (non-hydrogen) atoms. The summed E-state index contributed by atoms with van der Waals surface area (Å²) >= 11 is 0. The summed E-state index contributed by atoms with van der Waals surface area (Å²) < 4.78 is 0. The molecule has 1 aromatic carbocycles. The molecule has 7 heteroatoms. The van der Waals surface area contributed by atoms with Crippen LogP contribution in [0.4, 0.5) is 5.69 Å². The molecule has 0 amide bonds. The number of hydrogen-bond donors (Lipinski definition) is 3. The first-order valence-corrected chi connectivity index (χ1v) is 5.56. The average Bonchev–Trinajstić information content (AvgIpc) is 2.26. The standard InChI is InChI=1S/C12H16N2O5/c1-12(2,3)6-4-7(9(13)11(16)17)10(15)8(5-6)14(18)19/h4-5,9,15H,13H2,1-3H3,(H,16,17)/t9-/m0/s1. The Morgan fingerprint density at radius 3 is 2.32 bits per heavy atom. The lowest BCUT2D eigenvalue weighted by Gasteiger charge is -2.21. The Kier molecular flexibility index (Phi) is 3.80. The first-order chi connectivity index (χ1) is 8.55. The maximum Gasteiger partial charge on any atom is 0.325 e. The third-order valence-corrected chi connectivity index (χ3v) is 2.78. The van der Waals surface area contributed by atoms with Crippen molar-refractivity contribution in [3.05, 3.63) is 33.4 Å². The number of nitro groups is 1. The molecule has 0 unspecified atom stereocenters.